The highest BCUT2D eigenvalue weighted by Gasteiger charge is 2.31. The Morgan fingerprint density at radius 2 is 1.78 bits per heavy atom. The number of rotatable bonds is 12. The third-order valence-electron chi connectivity index (χ3n) is 6.66. The van der Waals surface area contributed by atoms with Crippen LogP contribution >= 0.6 is 0 Å². The van der Waals surface area contributed by atoms with E-state index in [4.69, 9.17) is 10.5 Å². The van der Waals surface area contributed by atoms with Crippen molar-refractivity contribution >= 4 is 27.5 Å². The summed E-state index contributed by atoms with van der Waals surface area (Å²) >= 11 is 0. The van der Waals surface area contributed by atoms with Crippen LogP contribution in [0.3, 0.4) is 0 Å². The number of carbonyl (C=O) groups is 2. The van der Waals surface area contributed by atoms with Gasteiger partial charge >= 0.3 is 0 Å². The monoisotopic (exact) mass is 585 g/mol. The zero-order chi connectivity index (χ0) is 29.6. The zero-order valence-electron chi connectivity index (χ0n) is 23.4. The summed E-state index contributed by atoms with van der Waals surface area (Å²) in [5.41, 5.74) is 6.18. The second-order valence-corrected chi connectivity index (χ2v) is 11.3. The number of nitrogens with zero attached hydrogens (tertiary/aromatic N) is 7. The fraction of sp³-hybridized carbons (Fsp3) is 0.462. The number of nitrogens with one attached hydrogen (secondary N) is 1. The van der Waals surface area contributed by atoms with Gasteiger partial charge in [0.25, 0.3) is 11.8 Å². The van der Waals surface area contributed by atoms with E-state index in [-0.39, 0.29) is 40.9 Å². The van der Waals surface area contributed by atoms with Crippen molar-refractivity contribution in [3.8, 4) is 5.88 Å². The maximum absolute atomic E-state index is 13.7. The molecule has 0 atom stereocenters. The first kappa shape index (κ1) is 30.0. The number of amides is 2. The molecule has 0 spiro atoms. The molecule has 1 saturated heterocycles. The maximum Gasteiger partial charge on any atom is 0.269 e. The first-order valence-corrected chi connectivity index (χ1v) is 15.0. The van der Waals surface area contributed by atoms with Gasteiger partial charge in [-0.05, 0) is 32.0 Å². The van der Waals surface area contributed by atoms with E-state index in [9.17, 15) is 18.0 Å². The van der Waals surface area contributed by atoms with Crippen molar-refractivity contribution in [3.05, 3.63) is 53.5 Å². The Balaban J connectivity index is 1.70. The number of sulfonamides is 1. The zero-order valence-corrected chi connectivity index (χ0v) is 24.2. The fourth-order valence-corrected chi connectivity index (χ4v) is 5.96. The predicted octanol–water partition coefficient (Wildman–Crippen LogP) is 1.15. The third kappa shape index (κ3) is 6.69. The summed E-state index contributed by atoms with van der Waals surface area (Å²) in [4.78, 5) is 40.8. The lowest BCUT2D eigenvalue weighted by Gasteiger charge is -2.33. The molecule has 3 N–H and O–H groups in total. The number of likely N-dealkylation sites (N-methyl/N-ethyl adjacent to an activating group) is 1. The quantitative estimate of drug-likeness (QED) is 0.313. The van der Waals surface area contributed by atoms with E-state index in [2.05, 4.69) is 30.3 Å². The van der Waals surface area contributed by atoms with Gasteiger partial charge in [-0.25, -0.2) is 28.1 Å². The first-order valence-electron chi connectivity index (χ1n) is 13.5. The largest absolute Gasteiger partial charge is 0.477 e. The third-order valence-corrected chi connectivity index (χ3v) is 8.53. The lowest BCUT2D eigenvalue weighted by Crippen LogP contribution is -2.48. The highest BCUT2D eigenvalue weighted by Crippen LogP contribution is 2.27. The second-order valence-electron chi connectivity index (χ2n) is 9.36. The number of pyridine rings is 1. The van der Waals surface area contributed by atoms with Crippen LogP contribution in [0.4, 0.5) is 5.69 Å². The number of primary amides is 1. The molecule has 0 radical (unpaired) electrons. The average molecular weight is 586 g/mol. The molecule has 4 heterocycles. The van der Waals surface area contributed by atoms with Gasteiger partial charge in [0.1, 0.15) is 28.5 Å². The molecule has 220 valence electrons. The van der Waals surface area contributed by atoms with E-state index in [1.807, 2.05) is 13.8 Å². The number of nitrogens with two attached hydrogens (primary N) is 1. The normalized spacial score (nSPS) is 14.6. The van der Waals surface area contributed by atoms with Crippen molar-refractivity contribution in [2.75, 3.05) is 44.6 Å². The minimum atomic E-state index is -3.92. The minimum Gasteiger partial charge on any atom is -0.477 e. The lowest BCUT2D eigenvalue weighted by atomic mass is 10.1. The summed E-state index contributed by atoms with van der Waals surface area (Å²) < 4.78 is 35.2. The molecule has 1 fully saturated rings. The van der Waals surface area contributed by atoms with E-state index in [1.165, 1.54) is 21.3 Å². The Bertz CT molecular complexity index is 1490. The molecule has 0 saturated carbocycles. The van der Waals surface area contributed by atoms with E-state index in [0.717, 1.165) is 6.54 Å². The Morgan fingerprint density at radius 1 is 1.07 bits per heavy atom. The number of anilines is 1. The molecule has 0 unspecified atom stereocenters. The van der Waals surface area contributed by atoms with Gasteiger partial charge in [-0.3, -0.25) is 9.59 Å². The summed E-state index contributed by atoms with van der Waals surface area (Å²) in [5, 5.41) is 7.26. The first-order chi connectivity index (χ1) is 19.7. The average Bonchev–Trinajstić information content (AvgIpc) is 3.30. The molecular weight excluding hydrogens is 550 g/mol. The van der Waals surface area contributed by atoms with Gasteiger partial charge in [-0.2, -0.15) is 9.40 Å². The van der Waals surface area contributed by atoms with Crippen molar-refractivity contribution < 1.29 is 22.7 Å². The van der Waals surface area contributed by atoms with Crippen LogP contribution in [0.5, 0.6) is 5.88 Å². The van der Waals surface area contributed by atoms with Gasteiger partial charge in [0.2, 0.25) is 15.9 Å². The van der Waals surface area contributed by atoms with Gasteiger partial charge in [-0.15, -0.1) is 0 Å². The maximum atomic E-state index is 13.7. The minimum absolute atomic E-state index is 0.0299. The van der Waals surface area contributed by atoms with Crippen LogP contribution in [0.1, 0.15) is 59.6 Å². The Morgan fingerprint density at radius 3 is 2.39 bits per heavy atom. The van der Waals surface area contributed by atoms with Gasteiger partial charge in [0, 0.05) is 38.6 Å². The number of aryl methyl sites for hydroxylation is 1. The number of hydrogen-bond acceptors (Lipinski definition) is 10. The topological polar surface area (TPSA) is 179 Å². The van der Waals surface area contributed by atoms with Crippen LogP contribution < -0.4 is 15.8 Å². The molecule has 3 aromatic rings. The summed E-state index contributed by atoms with van der Waals surface area (Å²) in [5.74, 6) is -1.16. The van der Waals surface area contributed by atoms with E-state index >= 15 is 0 Å². The number of piperazine rings is 1. The summed E-state index contributed by atoms with van der Waals surface area (Å²) in [6, 6.07) is 2.92. The summed E-state index contributed by atoms with van der Waals surface area (Å²) in [6.07, 6.45) is 5.44. The highest BCUT2D eigenvalue weighted by molar-refractivity contribution is 7.89. The molecule has 14 nitrogen and oxygen atoms in total. The molecule has 2 amide bonds. The molecule has 1 aliphatic heterocycles. The van der Waals surface area contributed by atoms with Gasteiger partial charge in [0.15, 0.2) is 0 Å². The number of hydrogen-bond donors (Lipinski definition) is 2. The van der Waals surface area contributed by atoms with Gasteiger partial charge < -0.3 is 20.7 Å². The van der Waals surface area contributed by atoms with Crippen molar-refractivity contribution in [3.63, 3.8) is 0 Å². The highest BCUT2D eigenvalue weighted by atomic mass is 32.2. The van der Waals surface area contributed by atoms with Crippen molar-refractivity contribution in [2.45, 2.75) is 45.1 Å². The predicted molar refractivity (Wildman–Crippen MR) is 150 cm³/mol. The molecular formula is C26H35N9O5S. The van der Waals surface area contributed by atoms with Crippen LogP contribution in [0.15, 0.2) is 35.6 Å². The Labute approximate surface area is 239 Å². The van der Waals surface area contributed by atoms with Gasteiger partial charge in [-0.1, -0.05) is 20.3 Å². The SMILES string of the molecule is CCCc1nn(Cc2ncccn2)c(C(N)=O)c1NC(=O)c1cc(S(=O)(=O)N2CCN(CC)CC2)cnc1OCC. The molecule has 1 aliphatic rings. The van der Waals surface area contributed by atoms with Crippen LogP contribution in [0.25, 0.3) is 0 Å². The Kier molecular flexibility index (Phi) is 9.62. The second kappa shape index (κ2) is 13.1. The smallest absolute Gasteiger partial charge is 0.269 e. The number of carbonyl (C=O) groups excluding carboxylic acids is 2. The van der Waals surface area contributed by atoms with Gasteiger partial charge in [0.05, 0.1) is 24.2 Å². The number of ether oxygens (including phenoxy) is 1. The Hall–Kier alpha value is -3.95. The molecule has 4 rings (SSSR count). The number of aromatic nitrogens is 5. The van der Waals surface area contributed by atoms with Crippen LogP contribution in [0, 0.1) is 0 Å². The van der Waals surface area contributed by atoms with Crippen LogP contribution in [-0.2, 0) is 23.0 Å². The molecule has 0 aliphatic carbocycles. The summed E-state index contributed by atoms with van der Waals surface area (Å²) in [7, 11) is -3.92. The lowest BCUT2D eigenvalue weighted by molar-refractivity contribution is 0.0991. The fourth-order valence-electron chi connectivity index (χ4n) is 4.57. The van der Waals surface area contributed by atoms with Crippen LogP contribution in [0.2, 0.25) is 0 Å². The van der Waals surface area contributed by atoms with Crippen molar-refractivity contribution in [1.82, 2.24) is 33.9 Å². The van der Waals surface area contributed by atoms with E-state index in [0.29, 0.717) is 50.5 Å². The molecule has 41 heavy (non-hydrogen) atoms. The molecule has 0 bridgehead atoms. The van der Waals surface area contributed by atoms with Crippen molar-refractivity contribution in [1.29, 1.82) is 0 Å². The van der Waals surface area contributed by atoms with Crippen molar-refractivity contribution in [2.24, 2.45) is 5.73 Å². The summed E-state index contributed by atoms with van der Waals surface area (Å²) in [6.45, 7) is 8.66. The van der Waals surface area contributed by atoms with E-state index in [1.54, 1.807) is 25.4 Å². The molecule has 3 aromatic heterocycles. The molecule has 15 heteroatoms. The molecule has 0 aromatic carbocycles. The van der Waals surface area contributed by atoms with Crippen LogP contribution in [-0.4, -0.2) is 93.5 Å². The standard InChI is InChI=1S/C26H35N9O5S/c1-4-8-20-22(23(24(27)36)35(32-20)17-21-28-9-7-10-29-21)31-25(37)19-15-18(16-30-26(19)40-6-3)41(38,39)34-13-11-33(5-2)12-14-34/h7,9-10,15-16H,4-6,8,11-14,17H2,1-3H3,(H2,27,36)(H,31,37). The van der Waals surface area contributed by atoms with E-state index < -0.39 is 21.8 Å².